The van der Waals surface area contributed by atoms with E-state index in [-0.39, 0.29) is 16.8 Å². The summed E-state index contributed by atoms with van der Waals surface area (Å²) in [5, 5.41) is 2.91. The van der Waals surface area contributed by atoms with Crippen LogP contribution in [0.1, 0.15) is 23.2 Å². The highest BCUT2D eigenvalue weighted by atomic mass is 32.2. The van der Waals surface area contributed by atoms with Gasteiger partial charge in [0.05, 0.1) is 4.90 Å². The van der Waals surface area contributed by atoms with Gasteiger partial charge in [-0.15, -0.1) is 0 Å². The molecule has 0 radical (unpaired) electrons. The van der Waals surface area contributed by atoms with Crippen molar-refractivity contribution in [2.24, 2.45) is 11.7 Å². The number of carbonyl (C=O) groups excluding carboxylic acids is 1. The monoisotopic (exact) mass is 359 g/mol. The first kappa shape index (κ1) is 17.4. The molecule has 2 aromatic rings. The molecular formula is C18H21N3O3S. The van der Waals surface area contributed by atoms with Gasteiger partial charge in [0.15, 0.2) is 0 Å². The fourth-order valence-corrected chi connectivity index (χ4v) is 3.68. The molecule has 0 saturated heterocycles. The van der Waals surface area contributed by atoms with Crippen molar-refractivity contribution in [3.05, 3.63) is 60.2 Å². The molecule has 1 atom stereocenters. The number of rotatable bonds is 7. The van der Waals surface area contributed by atoms with E-state index in [9.17, 15) is 13.2 Å². The predicted molar refractivity (Wildman–Crippen MR) is 96.7 cm³/mol. The molecular weight excluding hydrogens is 338 g/mol. The van der Waals surface area contributed by atoms with Crippen LogP contribution in [0.2, 0.25) is 0 Å². The van der Waals surface area contributed by atoms with Crippen molar-refractivity contribution in [2.75, 3.05) is 11.3 Å². The van der Waals surface area contributed by atoms with E-state index in [1.54, 1.807) is 30.3 Å². The molecule has 4 N–H and O–H groups in total. The van der Waals surface area contributed by atoms with Gasteiger partial charge in [-0.2, -0.15) is 0 Å². The first-order chi connectivity index (χ1) is 12.0. The molecule has 0 aromatic heterocycles. The van der Waals surface area contributed by atoms with Crippen molar-refractivity contribution < 1.29 is 13.2 Å². The summed E-state index contributed by atoms with van der Waals surface area (Å²) in [6.07, 6.45) is 2.18. The summed E-state index contributed by atoms with van der Waals surface area (Å²) in [7, 11) is -3.69. The van der Waals surface area contributed by atoms with Crippen molar-refractivity contribution in [3.8, 4) is 0 Å². The molecule has 0 heterocycles. The number of carbonyl (C=O) groups is 1. The minimum atomic E-state index is -3.69. The van der Waals surface area contributed by atoms with Gasteiger partial charge in [0.25, 0.3) is 15.9 Å². The van der Waals surface area contributed by atoms with Crippen molar-refractivity contribution in [1.29, 1.82) is 0 Å². The Labute approximate surface area is 147 Å². The lowest BCUT2D eigenvalue weighted by molar-refractivity contribution is 0.0933. The summed E-state index contributed by atoms with van der Waals surface area (Å²) in [6, 6.07) is 14.5. The average Bonchev–Trinajstić information content (AvgIpc) is 3.45. The van der Waals surface area contributed by atoms with Crippen LogP contribution >= 0.6 is 0 Å². The number of nitrogens with one attached hydrogen (secondary N) is 2. The van der Waals surface area contributed by atoms with Crippen LogP contribution in [0.15, 0.2) is 59.5 Å². The molecule has 1 aliphatic carbocycles. The Kier molecular flexibility index (Phi) is 5.06. The molecule has 25 heavy (non-hydrogen) atoms. The topological polar surface area (TPSA) is 101 Å². The van der Waals surface area contributed by atoms with E-state index in [1.807, 2.05) is 0 Å². The van der Waals surface area contributed by atoms with Gasteiger partial charge in [-0.1, -0.05) is 18.2 Å². The lowest BCUT2D eigenvalue weighted by Gasteiger charge is -2.16. The third-order valence-electron chi connectivity index (χ3n) is 4.21. The summed E-state index contributed by atoms with van der Waals surface area (Å²) in [5.41, 5.74) is 6.59. The van der Waals surface area contributed by atoms with Crippen LogP contribution in [-0.2, 0) is 10.0 Å². The highest BCUT2D eigenvalue weighted by Gasteiger charge is 2.31. The molecule has 1 aliphatic rings. The zero-order valence-corrected chi connectivity index (χ0v) is 14.5. The van der Waals surface area contributed by atoms with Crippen LogP contribution in [0.3, 0.4) is 0 Å². The minimum Gasteiger partial charge on any atom is -0.348 e. The van der Waals surface area contributed by atoms with E-state index in [2.05, 4.69) is 10.0 Å². The van der Waals surface area contributed by atoms with Gasteiger partial charge in [0.1, 0.15) is 0 Å². The summed E-state index contributed by atoms with van der Waals surface area (Å²) in [6.45, 7) is 0.407. The Morgan fingerprint density at radius 3 is 2.28 bits per heavy atom. The van der Waals surface area contributed by atoms with Gasteiger partial charge in [-0.05, 0) is 55.2 Å². The third kappa shape index (κ3) is 4.37. The fourth-order valence-electron chi connectivity index (χ4n) is 2.63. The number of amides is 1. The Morgan fingerprint density at radius 2 is 1.72 bits per heavy atom. The number of hydrogen-bond acceptors (Lipinski definition) is 4. The fraction of sp³-hybridized carbons (Fsp3) is 0.278. The van der Waals surface area contributed by atoms with Crippen molar-refractivity contribution in [1.82, 2.24) is 5.32 Å². The summed E-state index contributed by atoms with van der Waals surface area (Å²) in [5.74, 6) is 0.228. The van der Waals surface area contributed by atoms with Crippen LogP contribution in [0.25, 0.3) is 0 Å². The van der Waals surface area contributed by atoms with Gasteiger partial charge in [0, 0.05) is 23.8 Å². The molecule has 0 bridgehead atoms. The van der Waals surface area contributed by atoms with Gasteiger partial charge in [-0.3, -0.25) is 9.52 Å². The van der Waals surface area contributed by atoms with E-state index >= 15 is 0 Å². The van der Waals surface area contributed by atoms with Crippen LogP contribution in [-0.4, -0.2) is 26.9 Å². The Balaban J connectivity index is 1.69. The van der Waals surface area contributed by atoms with E-state index in [1.165, 1.54) is 24.3 Å². The van der Waals surface area contributed by atoms with Crippen LogP contribution in [0.4, 0.5) is 5.69 Å². The number of anilines is 1. The molecule has 6 nitrogen and oxygen atoms in total. The maximum atomic E-state index is 12.4. The van der Waals surface area contributed by atoms with Gasteiger partial charge < -0.3 is 11.1 Å². The van der Waals surface area contributed by atoms with Gasteiger partial charge >= 0.3 is 0 Å². The summed E-state index contributed by atoms with van der Waals surface area (Å²) >= 11 is 0. The second-order valence-electron chi connectivity index (χ2n) is 6.15. The lowest BCUT2D eigenvalue weighted by Crippen LogP contribution is -2.41. The zero-order valence-electron chi connectivity index (χ0n) is 13.7. The molecule has 2 aromatic carbocycles. The largest absolute Gasteiger partial charge is 0.348 e. The number of sulfonamides is 1. The average molecular weight is 359 g/mol. The van der Waals surface area contributed by atoms with Crippen LogP contribution in [0.5, 0.6) is 0 Å². The van der Waals surface area contributed by atoms with E-state index in [0.29, 0.717) is 23.7 Å². The molecule has 7 heteroatoms. The smallest absolute Gasteiger partial charge is 0.261 e. The molecule has 1 amide bonds. The molecule has 1 fully saturated rings. The first-order valence-electron chi connectivity index (χ1n) is 8.18. The Bertz CT molecular complexity index is 832. The zero-order chi connectivity index (χ0) is 17.9. The standard InChI is InChI=1S/C18H21N3O3S/c19-12-17(13-6-7-13)20-18(22)14-8-10-16(11-9-14)25(23,24)21-15-4-2-1-3-5-15/h1-5,8-11,13,17,21H,6-7,12,19H2,(H,20,22). The number of hydrogen-bond donors (Lipinski definition) is 3. The molecule has 132 valence electrons. The highest BCUT2D eigenvalue weighted by molar-refractivity contribution is 7.92. The summed E-state index contributed by atoms with van der Waals surface area (Å²) < 4.78 is 27.3. The maximum Gasteiger partial charge on any atom is 0.261 e. The van der Waals surface area contributed by atoms with Crippen LogP contribution < -0.4 is 15.8 Å². The van der Waals surface area contributed by atoms with Gasteiger partial charge in [-0.25, -0.2) is 8.42 Å². The first-order valence-corrected chi connectivity index (χ1v) is 9.67. The van der Waals surface area contributed by atoms with E-state index < -0.39 is 10.0 Å². The molecule has 3 rings (SSSR count). The van der Waals surface area contributed by atoms with Crippen molar-refractivity contribution in [3.63, 3.8) is 0 Å². The quantitative estimate of drug-likeness (QED) is 0.703. The Hall–Kier alpha value is -2.38. The summed E-state index contributed by atoms with van der Waals surface area (Å²) in [4.78, 5) is 12.4. The van der Waals surface area contributed by atoms with E-state index in [4.69, 9.17) is 5.73 Å². The number of para-hydroxylation sites is 1. The molecule has 1 unspecified atom stereocenters. The molecule has 1 saturated carbocycles. The molecule has 0 spiro atoms. The number of nitrogens with two attached hydrogens (primary N) is 1. The van der Waals surface area contributed by atoms with Crippen LogP contribution in [0, 0.1) is 5.92 Å². The maximum absolute atomic E-state index is 12.4. The highest BCUT2D eigenvalue weighted by Crippen LogP contribution is 2.32. The minimum absolute atomic E-state index is 0.0179. The lowest BCUT2D eigenvalue weighted by atomic mass is 10.1. The molecule has 0 aliphatic heterocycles. The SMILES string of the molecule is NCC(NC(=O)c1ccc(S(=O)(=O)Nc2ccccc2)cc1)C1CC1. The van der Waals surface area contributed by atoms with Gasteiger partial charge in [0.2, 0.25) is 0 Å². The number of benzene rings is 2. The second kappa shape index (κ2) is 7.25. The Morgan fingerprint density at radius 1 is 1.08 bits per heavy atom. The van der Waals surface area contributed by atoms with E-state index in [0.717, 1.165) is 12.8 Å². The van der Waals surface area contributed by atoms with Crippen molar-refractivity contribution in [2.45, 2.75) is 23.8 Å². The third-order valence-corrected chi connectivity index (χ3v) is 5.61. The second-order valence-corrected chi connectivity index (χ2v) is 7.83. The van der Waals surface area contributed by atoms with Crippen molar-refractivity contribution >= 4 is 21.6 Å². The normalized spacial score (nSPS) is 15.4. The predicted octanol–water partition coefficient (Wildman–Crippen LogP) is 1.95.